The summed E-state index contributed by atoms with van der Waals surface area (Å²) in [5.41, 5.74) is 0.873. The van der Waals surface area contributed by atoms with Crippen LogP contribution in [-0.4, -0.2) is 29.1 Å². The zero-order chi connectivity index (χ0) is 21.1. The van der Waals surface area contributed by atoms with Crippen molar-refractivity contribution in [1.82, 2.24) is 0 Å². The predicted molar refractivity (Wildman–Crippen MR) is 112 cm³/mol. The molecule has 10 atom stereocenters. The van der Waals surface area contributed by atoms with Crippen LogP contribution in [0, 0.1) is 52.3 Å². The zero-order valence-corrected chi connectivity index (χ0v) is 18.7. The minimum atomic E-state index is -0.718. The van der Waals surface area contributed by atoms with Crippen LogP contribution >= 0.6 is 0 Å². The van der Waals surface area contributed by atoms with Crippen LogP contribution in [0.1, 0.15) is 72.1 Å². The quantitative estimate of drug-likeness (QED) is 0.699. The molecule has 1 N–H and O–H groups in total. The van der Waals surface area contributed by atoms with Crippen molar-refractivity contribution in [2.24, 2.45) is 52.3 Å². The molecule has 0 aromatic carbocycles. The first kappa shape index (κ1) is 19.5. The molecule has 0 amide bonds. The predicted octanol–water partition coefficient (Wildman–Crippen LogP) is 4.30. The standard InChI is InChI=1S/C26H36O4/c1-4-30-21(28)7-10-26(29)20-13-17(20)23-22-16-12-15(16)19-11-14(27)5-8-24(19,2)18(22)6-9-25(23,26)3/h11,15-18,20,22-23,29H,4-10,12-13H2,1-3H3. The second-order valence-electron chi connectivity index (χ2n) is 11.9. The average molecular weight is 413 g/mol. The van der Waals surface area contributed by atoms with Crippen molar-refractivity contribution in [2.45, 2.75) is 77.7 Å². The summed E-state index contributed by atoms with van der Waals surface area (Å²) >= 11 is 0. The van der Waals surface area contributed by atoms with Crippen molar-refractivity contribution >= 4 is 11.8 Å². The van der Waals surface area contributed by atoms with E-state index in [1.165, 1.54) is 12.0 Å². The lowest BCUT2D eigenvalue weighted by atomic mass is 9.45. The number of hydrogen-bond acceptors (Lipinski definition) is 4. The maximum absolute atomic E-state index is 12.2. The Kier molecular flexibility index (Phi) is 3.90. The number of ether oxygens (including phenoxy) is 1. The van der Waals surface area contributed by atoms with Gasteiger partial charge in [-0.15, -0.1) is 0 Å². The van der Waals surface area contributed by atoms with Crippen molar-refractivity contribution in [1.29, 1.82) is 0 Å². The molecule has 10 unspecified atom stereocenters. The smallest absolute Gasteiger partial charge is 0.305 e. The van der Waals surface area contributed by atoms with Gasteiger partial charge in [0.05, 0.1) is 12.2 Å². The van der Waals surface area contributed by atoms with Crippen molar-refractivity contribution in [3.8, 4) is 0 Å². The van der Waals surface area contributed by atoms with Crippen molar-refractivity contribution < 1.29 is 19.4 Å². The number of aliphatic hydroxyl groups is 1. The van der Waals surface area contributed by atoms with E-state index >= 15 is 0 Å². The normalized spacial score (nSPS) is 54.7. The second kappa shape index (κ2) is 5.99. The first-order valence-electron chi connectivity index (χ1n) is 12.4. The van der Waals surface area contributed by atoms with Crippen LogP contribution in [0.15, 0.2) is 11.6 Å². The van der Waals surface area contributed by atoms with Crippen LogP contribution < -0.4 is 0 Å². The fourth-order valence-corrected chi connectivity index (χ4v) is 9.51. The number of esters is 1. The molecule has 30 heavy (non-hydrogen) atoms. The molecule has 4 nitrogen and oxygen atoms in total. The molecule has 0 aromatic rings. The summed E-state index contributed by atoms with van der Waals surface area (Å²) in [6.45, 7) is 7.05. The third-order valence-electron chi connectivity index (χ3n) is 10.9. The van der Waals surface area contributed by atoms with Crippen LogP contribution in [0.25, 0.3) is 0 Å². The van der Waals surface area contributed by atoms with E-state index < -0.39 is 5.60 Å². The average Bonchev–Trinajstić information content (AvgIpc) is 3.60. The number of rotatable bonds is 4. The number of allylic oxidation sites excluding steroid dienone is 1. The van der Waals surface area contributed by atoms with Gasteiger partial charge in [0, 0.05) is 12.8 Å². The van der Waals surface area contributed by atoms with Crippen molar-refractivity contribution in [3.63, 3.8) is 0 Å². The molecule has 0 radical (unpaired) electrons. The molecule has 6 aliphatic rings. The van der Waals surface area contributed by atoms with E-state index in [1.807, 2.05) is 13.0 Å². The van der Waals surface area contributed by atoms with Gasteiger partial charge >= 0.3 is 5.97 Å². The minimum Gasteiger partial charge on any atom is -0.466 e. The fraction of sp³-hybridized carbons (Fsp3) is 0.846. The third-order valence-corrected chi connectivity index (χ3v) is 10.9. The van der Waals surface area contributed by atoms with Gasteiger partial charge in [-0.2, -0.15) is 0 Å². The summed E-state index contributed by atoms with van der Waals surface area (Å²) in [5, 5.41) is 12.0. The number of carbonyl (C=O) groups excluding carboxylic acids is 2. The first-order valence-corrected chi connectivity index (χ1v) is 12.4. The lowest BCUT2D eigenvalue weighted by molar-refractivity contribution is -0.162. The summed E-state index contributed by atoms with van der Waals surface area (Å²) in [4.78, 5) is 24.3. The van der Waals surface area contributed by atoms with Crippen molar-refractivity contribution in [3.05, 3.63) is 11.6 Å². The highest BCUT2D eigenvalue weighted by Crippen LogP contribution is 2.81. The van der Waals surface area contributed by atoms with Gasteiger partial charge in [-0.25, -0.2) is 0 Å². The molecule has 4 heteroatoms. The first-order chi connectivity index (χ1) is 14.2. The van der Waals surface area contributed by atoms with E-state index in [2.05, 4.69) is 13.8 Å². The van der Waals surface area contributed by atoms with E-state index in [-0.39, 0.29) is 16.8 Å². The van der Waals surface area contributed by atoms with Gasteiger partial charge in [0.15, 0.2) is 5.78 Å². The molecule has 5 fully saturated rings. The van der Waals surface area contributed by atoms with Gasteiger partial charge in [0.2, 0.25) is 0 Å². The summed E-state index contributed by atoms with van der Waals surface area (Å²) in [5.74, 6) is 4.45. The van der Waals surface area contributed by atoms with E-state index in [4.69, 9.17) is 4.74 Å². The largest absolute Gasteiger partial charge is 0.466 e. The van der Waals surface area contributed by atoms with Crippen LogP contribution in [-0.2, 0) is 14.3 Å². The minimum absolute atomic E-state index is 0.0799. The molecular weight excluding hydrogens is 376 g/mol. The Hall–Kier alpha value is -1.16. The number of ketones is 1. The Morgan fingerprint density at radius 3 is 2.77 bits per heavy atom. The summed E-state index contributed by atoms with van der Waals surface area (Å²) < 4.78 is 5.17. The number of hydrogen-bond donors (Lipinski definition) is 1. The highest BCUT2D eigenvalue weighted by atomic mass is 16.5. The number of fused-ring (bicyclic) bond motifs is 10. The molecule has 0 heterocycles. The Morgan fingerprint density at radius 2 is 2.00 bits per heavy atom. The Morgan fingerprint density at radius 1 is 1.20 bits per heavy atom. The molecule has 0 saturated heterocycles. The van der Waals surface area contributed by atoms with E-state index in [1.54, 1.807) is 0 Å². The zero-order valence-electron chi connectivity index (χ0n) is 18.7. The maximum Gasteiger partial charge on any atom is 0.305 e. The molecule has 0 spiro atoms. The molecule has 6 rings (SSSR count). The summed E-state index contributed by atoms with van der Waals surface area (Å²) in [6.07, 6.45) is 9.25. The molecule has 5 saturated carbocycles. The SMILES string of the molecule is CCOC(=O)CCC1(O)C2CC2C2C3C4CC4C4=CC(=O)CCC4(C)C3CCC21C. The lowest BCUT2D eigenvalue weighted by Crippen LogP contribution is -2.57. The highest BCUT2D eigenvalue weighted by molar-refractivity contribution is 5.92. The van der Waals surface area contributed by atoms with Gasteiger partial charge in [-0.05, 0) is 104 Å². The Labute approximate surface area is 179 Å². The van der Waals surface area contributed by atoms with Crippen LogP contribution in [0.3, 0.4) is 0 Å². The molecule has 0 aliphatic heterocycles. The van der Waals surface area contributed by atoms with Crippen molar-refractivity contribution in [2.75, 3.05) is 6.61 Å². The molecule has 6 aliphatic carbocycles. The molecule has 0 bridgehead atoms. The van der Waals surface area contributed by atoms with E-state index in [0.717, 1.165) is 31.6 Å². The van der Waals surface area contributed by atoms with Crippen LogP contribution in [0.2, 0.25) is 0 Å². The van der Waals surface area contributed by atoms with Gasteiger partial charge in [-0.3, -0.25) is 9.59 Å². The Bertz CT molecular complexity index is 846. The topological polar surface area (TPSA) is 63.6 Å². The molecule has 164 valence electrons. The van der Waals surface area contributed by atoms with E-state index in [9.17, 15) is 14.7 Å². The fourth-order valence-electron chi connectivity index (χ4n) is 9.51. The van der Waals surface area contributed by atoms with Gasteiger partial charge < -0.3 is 9.84 Å². The monoisotopic (exact) mass is 412 g/mol. The van der Waals surface area contributed by atoms with Gasteiger partial charge in [0.1, 0.15) is 0 Å². The lowest BCUT2D eigenvalue weighted by Gasteiger charge is -2.60. The molecule has 0 aromatic heterocycles. The summed E-state index contributed by atoms with van der Waals surface area (Å²) in [7, 11) is 0. The molecular formula is C26H36O4. The highest BCUT2D eigenvalue weighted by Gasteiger charge is 2.78. The summed E-state index contributed by atoms with van der Waals surface area (Å²) in [6, 6.07) is 0. The van der Waals surface area contributed by atoms with Gasteiger partial charge in [0.25, 0.3) is 0 Å². The second-order valence-corrected chi connectivity index (χ2v) is 11.9. The third kappa shape index (κ3) is 2.27. The maximum atomic E-state index is 12.2. The van der Waals surface area contributed by atoms with Gasteiger partial charge in [-0.1, -0.05) is 19.4 Å². The Balaban J connectivity index is 1.32. The number of carbonyl (C=O) groups is 2. The van der Waals surface area contributed by atoms with Crippen LogP contribution in [0.4, 0.5) is 0 Å². The van der Waals surface area contributed by atoms with E-state index in [0.29, 0.717) is 67.2 Å². The van der Waals surface area contributed by atoms with Crippen LogP contribution in [0.5, 0.6) is 0 Å².